The van der Waals surface area contributed by atoms with E-state index in [1.165, 1.54) is 0 Å². The molecule has 7 heteroatoms. The summed E-state index contributed by atoms with van der Waals surface area (Å²) in [5.41, 5.74) is 11.0. The second-order valence-corrected chi connectivity index (χ2v) is 5.31. The number of amides is 2. The summed E-state index contributed by atoms with van der Waals surface area (Å²) in [5, 5.41) is 11.5. The Bertz CT molecular complexity index is 373. The topological polar surface area (TPSA) is 136 Å². The van der Waals surface area contributed by atoms with Crippen LogP contribution in [-0.4, -0.2) is 35.0 Å². The Morgan fingerprint density at radius 3 is 2.45 bits per heavy atom. The number of hydrogen-bond acceptors (Lipinski definition) is 4. The van der Waals surface area contributed by atoms with Crippen molar-refractivity contribution in [2.75, 3.05) is 0 Å². The molecule has 0 aromatic rings. The largest absolute Gasteiger partial charge is 0.480 e. The van der Waals surface area contributed by atoms with Gasteiger partial charge in [0.15, 0.2) is 0 Å². The molecule has 114 valence electrons. The fourth-order valence-electron chi connectivity index (χ4n) is 2.48. The van der Waals surface area contributed by atoms with Crippen LogP contribution in [0, 0.1) is 5.92 Å². The molecule has 2 amide bonds. The number of primary amides is 1. The number of rotatable bonds is 6. The van der Waals surface area contributed by atoms with Crippen LogP contribution in [0.5, 0.6) is 0 Å². The second kappa shape index (κ2) is 7.84. The van der Waals surface area contributed by atoms with E-state index in [-0.39, 0.29) is 30.7 Å². The molecule has 0 bridgehead atoms. The first-order valence-electron chi connectivity index (χ1n) is 6.99. The first-order valence-corrected chi connectivity index (χ1v) is 6.99. The summed E-state index contributed by atoms with van der Waals surface area (Å²) in [6, 6.07) is -1.33. The number of carboxylic acids is 1. The van der Waals surface area contributed by atoms with Gasteiger partial charge in [-0.25, -0.2) is 4.79 Å². The van der Waals surface area contributed by atoms with Crippen LogP contribution in [0.25, 0.3) is 0 Å². The van der Waals surface area contributed by atoms with Gasteiger partial charge in [0.1, 0.15) is 6.04 Å². The average molecular weight is 285 g/mol. The molecule has 3 unspecified atom stereocenters. The SMILES string of the molecule is NC(=O)CCC(NC(=O)C1CCCCCC1N)C(=O)O. The molecule has 0 heterocycles. The molecule has 0 saturated heterocycles. The Morgan fingerprint density at radius 1 is 1.20 bits per heavy atom. The first kappa shape index (κ1) is 16.4. The van der Waals surface area contributed by atoms with E-state index in [1.807, 2.05) is 0 Å². The van der Waals surface area contributed by atoms with E-state index in [0.29, 0.717) is 6.42 Å². The van der Waals surface area contributed by atoms with Gasteiger partial charge in [0.05, 0.1) is 5.92 Å². The predicted molar refractivity (Wildman–Crippen MR) is 72.5 cm³/mol. The molecule has 0 aromatic carbocycles. The lowest BCUT2D eigenvalue weighted by Crippen LogP contribution is -2.48. The minimum absolute atomic E-state index is 0.00162. The summed E-state index contributed by atoms with van der Waals surface area (Å²) in [4.78, 5) is 33.9. The predicted octanol–water partition coefficient (Wildman–Crippen LogP) is -0.271. The maximum atomic E-state index is 12.2. The summed E-state index contributed by atoms with van der Waals surface area (Å²) in [6.45, 7) is 0. The van der Waals surface area contributed by atoms with Gasteiger partial charge >= 0.3 is 5.97 Å². The quantitative estimate of drug-likeness (QED) is 0.498. The molecule has 1 aliphatic rings. The number of nitrogens with two attached hydrogens (primary N) is 2. The first-order chi connectivity index (χ1) is 9.41. The maximum absolute atomic E-state index is 12.2. The van der Waals surface area contributed by atoms with Crippen molar-refractivity contribution in [3.63, 3.8) is 0 Å². The van der Waals surface area contributed by atoms with Gasteiger partial charge in [0, 0.05) is 12.5 Å². The lowest BCUT2D eigenvalue weighted by molar-refractivity contribution is -0.143. The Kier molecular flexibility index (Phi) is 6.44. The van der Waals surface area contributed by atoms with Crippen LogP contribution in [0.3, 0.4) is 0 Å². The fraction of sp³-hybridized carbons (Fsp3) is 0.769. The van der Waals surface area contributed by atoms with Crippen LogP contribution >= 0.6 is 0 Å². The Morgan fingerprint density at radius 2 is 1.85 bits per heavy atom. The highest BCUT2D eigenvalue weighted by Gasteiger charge is 2.30. The van der Waals surface area contributed by atoms with Gasteiger partial charge in [-0.2, -0.15) is 0 Å². The summed E-state index contributed by atoms with van der Waals surface area (Å²) in [7, 11) is 0. The van der Waals surface area contributed by atoms with Crippen LogP contribution < -0.4 is 16.8 Å². The average Bonchev–Trinajstić information content (AvgIpc) is 2.58. The molecule has 0 radical (unpaired) electrons. The zero-order valence-corrected chi connectivity index (χ0v) is 11.5. The minimum Gasteiger partial charge on any atom is -0.480 e. The molecule has 7 nitrogen and oxygen atoms in total. The molecule has 1 aliphatic carbocycles. The zero-order valence-electron chi connectivity index (χ0n) is 11.5. The zero-order chi connectivity index (χ0) is 15.1. The molecule has 20 heavy (non-hydrogen) atoms. The Hall–Kier alpha value is -1.63. The van der Waals surface area contributed by atoms with Crippen molar-refractivity contribution >= 4 is 17.8 Å². The van der Waals surface area contributed by atoms with Crippen molar-refractivity contribution in [3.8, 4) is 0 Å². The third-order valence-corrected chi connectivity index (χ3v) is 3.70. The monoisotopic (exact) mass is 285 g/mol. The smallest absolute Gasteiger partial charge is 0.326 e. The maximum Gasteiger partial charge on any atom is 0.326 e. The van der Waals surface area contributed by atoms with Crippen molar-refractivity contribution in [1.82, 2.24) is 5.32 Å². The molecular weight excluding hydrogens is 262 g/mol. The van der Waals surface area contributed by atoms with Crippen LogP contribution in [-0.2, 0) is 14.4 Å². The van der Waals surface area contributed by atoms with E-state index in [9.17, 15) is 14.4 Å². The summed E-state index contributed by atoms with van der Waals surface area (Å²) < 4.78 is 0. The van der Waals surface area contributed by atoms with Crippen LogP contribution in [0.2, 0.25) is 0 Å². The van der Waals surface area contributed by atoms with E-state index in [4.69, 9.17) is 16.6 Å². The lowest BCUT2D eigenvalue weighted by Gasteiger charge is -2.23. The van der Waals surface area contributed by atoms with E-state index in [0.717, 1.165) is 25.7 Å². The molecule has 0 aliphatic heterocycles. The number of nitrogens with one attached hydrogen (secondary N) is 1. The number of aliphatic carboxylic acids is 1. The minimum atomic E-state index is -1.17. The molecule has 0 aromatic heterocycles. The van der Waals surface area contributed by atoms with E-state index in [2.05, 4.69) is 5.32 Å². The number of hydrogen-bond donors (Lipinski definition) is 4. The Labute approximate surface area is 118 Å². The van der Waals surface area contributed by atoms with E-state index < -0.39 is 17.9 Å². The van der Waals surface area contributed by atoms with Gasteiger partial charge in [-0.05, 0) is 19.3 Å². The van der Waals surface area contributed by atoms with Crippen LogP contribution in [0.4, 0.5) is 0 Å². The van der Waals surface area contributed by atoms with Gasteiger partial charge in [-0.15, -0.1) is 0 Å². The van der Waals surface area contributed by atoms with Crippen molar-refractivity contribution in [3.05, 3.63) is 0 Å². The van der Waals surface area contributed by atoms with Crippen molar-refractivity contribution < 1.29 is 19.5 Å². The van der Waals surface area contributed by atoms with Crippen molar-refractivity contribution in [2.45, 2.75) is 57.0 Å². The third kappa shape index (κ3) is 5.16. The third-order valence-electron chi connectivity index (χ3n) is 3.70. The Balaban J connectivity index is 2.59. The second-order valence-electron chi connectivity index (χ2n) is 5.31. The van der Waals surface area contributed by atoms with Gasteiger partial charge < -0.3 is 21.9 Å². The summed E-state index contributed by atoms with van der Waals surface area (Å²) in [6.07, 6.45) is 4.33. The van der Waals surface area contributed by atoms with Crippen LogP contribution in [0.1, 0.15) is 44.9 Å². The fourth-order valence-corrected chi connectivity index (χ4v) is 2.48. The van der Waals surface area contributed by atoms with Gasteiger partial charge in [-0.3, -0.25) is 9.59 Å². The molecule has 1 fully saturated rings. The highest BCUT2D eigenvalue weighted by atomic mass is 16.4. The summed E-state index contributed by atoms with van der Waals surface area (Å²) in [5.74, 6) is -2.44. The highest BCUT2D eigenvalue weighted by Crippen LogP contribution is 2.22. The normalized spacial score (nSPS) is 24.4. The van der Waals surface area contributed by atoms with E-state index in [1.54, 1.807) is 0 Å². The molecule has 6 N–H and O–H groups in total. The van der Waals surface area contributed by atoms with Crippen molar-refractivity contribution in [2.24, 2.45) is 17.4 Å². The van der Waals surface area contributed by atoms with E-state index >= 15 is 0 Å². The standard InChI is InChI=1S/C13H23N3O4/c14-9-5-3-1-2-4-8(9)12(18)16-10(13(19)20)6-7-11(15)17/h8-10H,1-7,14H2,(H2,15,17)(H,16,18)(H,19,20). The lowest BCUT2D eigenvalue weighted by atomic mass is 9.94. The molecule has 0 spiro atoms. The van der Waals surface area contributed by atoms with Gasteiger partial charge in [-0.1, -0.05) is 19.3 Å². The number of carbonyl (C=O) groups excluding carboxylic acids is 2. The van der Waals surface area contributed by atoms with Gasteiger partial charge in [0.2, 0.25) is 11.8 Å². The highest BCUT2D eigenvalue weighted by molar-refractivity contribution is 5.86. The molecule has 1 saturated carbocycles. The van der Waals surface area contributed by atoms with Gasteiger partial charge in [0.25, 0.3) is 0 Å². The number of carbonyl (C=O) groups is 3. The van der Waals surface area contributed by atoms with Crippen molar-refractivity contribution in [1.29, 1.82) is 0 Å². The molecule has 3 atom stereocenters. The summed E-state index contributed by atoms with van der Waals surface area (Å²) >= 11 is 0. The van der Waals surface area contributed by atoms with Crippen LogP contribution in [0.15, 0.2) is 0 Å². The molecular formula is C13H23N3O4. The molecule has 1 rings (SSSR count). The number of carboxylic acid groups (broad SMARTS) is 1.